The number of anilines is 1. The summed E-state index contributed by atoms with van der Waals surface area (Å²) >= 11 is 0. The Morgan fingerprint density at radius 3 is 2.31 bits per heavy atom. The molecule has 0 amide bonds. The second-order valence-corrected chi connectivity index (χ2v) is 4.56. The highest BCUT2D eigenvalue weighted by Crippen LogP contribution is 2.34. The highest BCUT2D eigenvalue weighted by Gasteiger charge is 2.28. The van der Waals surface area contributed by atoms with Gasteiger partial charge in [0.05, 0.1) is 17.6 Å². The van der Waals surface area contributed by atoms with Crippen molar-refractivity contribution in [1.82, 2.24) is 9.78 Å². The van der Waals surface area contributed by atoms with E-state index in [-0.39, 0.29) is 5.41 Å². The van der Waals surface area contributed by atoms with Gasteiger partial charge in [0.2, 0.25) is 0 Å². The standard InChI is InChI=1S/C13H17N3/c1-13(2,10-7-5-4-6-8-10)12-11(14)9-15-16(12)3/h4-9H,14H2,1-3H3. The first-order valence-electron chi connectivity index (χ1n) is 5.37. The van der Waals surface area contributed by atoms with E-state index in [2.05, 4.69) is 31.1 Å². The van der Waals surface area contributed by atoms with Crippen LogP contribution in [0.25, 0.3) is 0 Å². The van der Waals surface area contributed by atoms with E-state index >= 15 is 0 Å². The zero-order valence-corrected chi connectivity index (χ0v) is 9.94. The normalized spacial score (nSPS) is 11.7. The van der Waals surface area contributed by atoms with Crippen LogP contribution in [0.4, 0.5) is 5.69 Å². The molecular formula is C13H17N3. The molecule has 84 valence electrons. The van der Waals surface area contributed by atoms with Gasteiger partial charge >= 0.3 is 0 Å². The molecule has 0 aliphatic rings. The Morgan fingerprint density at radius 2 is 1.81 bits per heavy atom. The van der Waals surface area contributed by atoms with Crippen molar-refractivity contribution in [1.29, 1.82) is 0 Å². The van der Waals surface area contributed by atoms with Crippen molar-refractivity contribution in [3.8, 4) is 0 Å². The lowest BCUT2D eigenvalue weighted by molar-refractivity contribution is 0.561. The molecule has 0 unspecified atom stereocenters. The lowest BCUT2D eigenvalue weighted by Crippen LogP contribution is -2.23. The Labute approximate surface area is 95.9 Å². The number of aryl methyl sites for hydroxylation is 1. The van der Waals surface area contributed by atoms with Gasteiger partial charge in [0.15, 0.2) is 0 Å². The van der Waals surface area contributed by atoms with E-state index in [9.17, 15) is 0 Å². The molecule has 0 bridgehead atoms. The summed E-state index contributed by atoms with van der Waals surface area (Å²) in [7, 11) is 1.93. The summed E-state index contributed by atoms with van der Waals surface area (Å²) in [4.78, 5) is 0. The highest BCUT2D eigenvalue weighted by atomic mass is 15.3. The fourth-order valence-corrected chi connectivity index (χ4v) is 2.21. The summed E-state index contributed by atoms with van der Waals surface area (Å²) in [5, 5.41) is 4.20. The van der Waals surface area contributed by atoms with Gasteiger partial charge in [0, 0.05) is 12.5 Å². The van der Waals surface area contributed by atoms with Crippen molar-refractivity contribution < 1.29 is 0 Å². The van der Waals surface area contributed by atoms with Gasteiger partial charge in [-0.3, -0.25) is 4.68 Å². The summed E-state index contributed by atoms with van der Waals surface area (Å²) in [5.41, 5.74) is 8.90. The molecule has 1 aromatic carbocycles. The minimum Gasteiger partial charge on any atom is -0.396 e. The smallest absolute Gasteiger partial charge is 0.0742 e. The van der Waals surface area contributed by atoms with E-state index in [1.54, 1.807) is 6.20 Å². The average Bonchev–Trinajstić information content (AvgIpc) is 2.60. The maximum atomic E-state index is 5.98. The maximum absolute atomic E-state index is 5.98. The first kappa shape index (κ1) is 10.7. The van der Waals surface area contributed by atoms with Crippen LogP contribution in [0, 0.1) is 0 Å². The molecule has 0 atom stereocenters. The first-order valence-corrected chi connectivity index (χ1v) is 5.37. The van der Waals surface area contributed by atoms with Gasteiger partial charge in [-0.1, -0.05) is 44.2 Å². The number of rotatable bonds is 2. The number of nitrogens with zero attached hydrogens (tertiary/aromatic N) is 2. The van der Waals surface area contributed by atoms with E-state index in [4.69, 9.17) is 5.73 Å². The Balaban J connectivity index is 2.55. The Hall–Kier alpha value is -1.77. The summed E-state index contributed by atoms with van der Waals surface area (Å²) in [6, 6.07) is 10.3. The van der Waals surface area contributed by atoms with Crippen LogP contribution in [0.15, 0.2) is 36.5 Å². The molecule has 2 aromatic rings. The number of aromatic nitrogens is 2. The summed E-state index contributed by atoms with van der Waals surface area (Å²) in [6.07, 6.45) is 1.71. The van der Waals surface area contributed by atoms with Crippen LogP contribution in [0.1, 0.15) is 25.1 Å². The molecule has 1 aromatic heterocycles. The Bertz CT molecular complexity index is 464. The van der Waals surface area contributed by atoms with Crippen LogP contribution < -0.4 is 5.73 Å². The van der Waals surface area contributed by atoms with Gasteiger partial charge in [0.1, 0.15) is 0 Å². The largest absolute Gasteiger partial charge is 0.396 e. The van der Waals surface area contributed by atoms with Crippen molar-refractivity contribution in [2.45, 2.75) is 19.3 Å². The average molecular weight is 215 g/mol. The third-order valence-corrected chi connectivity index (χ3v) is 3.05. The molecule has 0 spiro atoms. The van der Waals surface area contributed by atoms with Crippen LogP contribution in [0.5, 0.6) is 0 Å². The van der Waals surface area contributed by atoms with Crippen molar-refractivity contribution >= 4 is 5.69 Å². The molecular weight excluding hydrogens is 198 g/mol. The van der Waals surface area contributed by atoms with E-state index in [1.807, 2.05) is 29.9 Å². The minimum atomic E-state index is -0.128. The zero-order chi connectivity index (χ0) is 11.8. The predicted molar refractivity (Wildman–Crippen MR) is 66.2 cm³/mol. The summed E-state index contributed by atoms with van der Waals surface area (Å²) in [5.74, 6) is 0. The molecule has 0 saturated heterocycles. The SMILES string of the molecule is Cn1ncc(N)c1C(C)(C)c1ccccc1. The Kier molecular flexibility index (Phi) is 2.46. The number of hydrogen-bond donors (Lipinski definition) is 1. The van der Waals surface area contributed by atoms with Crippen molar-refractivity contribution in [2.75, 3.05) is 5.73 Å². The third-order valence-electron chi connectivity index (χ3n) is 3.05. The van der Waals surface area contributed by atoms with Crippen LogP contribution in [0.3, 0.4) is 0 Å². The van der Waals surface area contributed by atoms with Gasteiger partial charge in [-0.15, -0.1) is 0 Å². The van der Waals surface area contributed by atoms with Gasteiger partial charge in [-0.2, -0.15) is 5.10 Å². The first-order chi connectivity index (χ1) is 7.53. The molecule has 0 radical (unpaired) electrons. The van der Waals surface area contributed by atoms with Crippen molar-refractivity contribution in [3.05, 3.63) is 47.8 Å². The van der Waals surface area contributed by atoms with Gasteiger partial charge in [-0.25, -0.2) is 0 Å². The van der Waals surface area contributed by atoms with Crippen LogP contribution in [-0.4, -0.2) is 9.78 Å². The molecule has 0 saturated carbocycles. The van der Waals surface area contributed by atoms with Crippen molar-refractivity contribution in [2.24, 2.45) is 7.05 Å². The second-order valence-electron chi connectivity index (χ2n) is 4.56. The lowest BCUT2D eigenvalue weighted by Gasteiger charge is -2.26. The van der Waals surface area contributed by atoms with Crippen LogP contribution in [-0.2, 0) is 12.5 Å². The fourth-order valence-electron chi connectivity index (χ4n) is 2.21. The molecule has 0 aliphatic carbocycles. The molecule has 2 N–H and O–H groups in total. The molecule has 16 heavy (non-hydrogen) atoms. The summed E-state index contributed by atoms with van der Waals surface area (Å²) < 4.78 is 1.85. The maximum Gasteiger partial charge on any atom is 0.0742 e. The van der Waals surface area contributed by atoms with E-state index < -0.39 is 0 Å². The van der Waals surface area contributed by atoms with Gasteiger partial charge in [0.25, 0.3) is 0 Å². The quantitative estimate of drug-likeness (QED) is 0.835. The lowest BCUT2D eigenvalue weighted by atomic mass is 9.81. The molecule has 0 fully saturated rings. The molecule has 1 heterocycles. The fraction of sp³-hybridized carbons (Fsp3) is 0.308. The Morgan fingerprint density at radius 1 is 1.19 bits per heavy atom. The molecule has 2 rings (SSSR count). The summed E-state index contributed by atoms with van der Waals surface area (Å²) in [6.45, 7) is 4.32. The number of nitrogens with two attached hydrogens (primary N) is 1. The second kappa shape index (κ2) is 3.67. The van der Waals surface area contributed by atoms with E-state index in [0.717, 1.165) is 11.4 Å². The van der Waals surface area contributed by atoms with Gasteiger partial charge < -0.3 is 5.73 Å². The monoisotopic (exact) mass is 215 g/mol. The molecule has 3 heteroatoms. The van der Waals surface area contributed by atoms with Crippen LogP contribution >= 0.6 is 0 Å². The topological polar surface area (TPSA) is 43.8 Å². The van der Waals surface area contributed by atoms with E-state index in [0.29, 0.717) is 0 Å². The van der Waals surface area contributed by atoms with Crippen LogP contribution in [0.2, 0.25) is 0 Å². The molecule has 0 aliphatic heterocycles. The zero-order valence-electron chi connectivity index (χ0n) is 9.94. The van der Waals surface area contributed by atoms with E-state index in [1.165, 1.54) is 5.56 Å². The third kappa shape index (κ3) is 1.58. The minimum absolute atomic E-state index is 0.128. The highest BCUT2D eigenvalue weighted by molar-refractivity contribution is 5.49. The number of benzene rings is 1. The van der Waals surface area contributed by atoms with Gasteiger partial charge in [-0.05, 0) is 5.56 Å². The number of nitrogen functional groups attached to an aromatic ring is 1. The number of hydrogen-bond acceptors (Lipinski definition) is 2. The van der Waals surface area contributed by atoms with Crippen molar-refractivity contribution in [3.63, 3.8) is 0 Å². The molecule has 3 nitrogen and oxygen atoms in total. The predicted octanol–water partition coefficient (Wildman–Crippen LogP) is 2.33.